The Kier molecular flexibility index (Phi) is 3.10. The Morgan fingerprint density at radius 2 is 2.33 bits per heavy atom. The van der Waals surface area contributed by atoms with Gasteiger partial charge in [-0.25, -0.2) is 15.0 Å². The summed E-state index contributed by atoms with van der Waals surface area (Å²) in [4.78, 5) is 13.0. The largest absolute Gasteiger partial charge is 0.368 e. The molecule has 1 unspecified atom stereocenters. The Morgan fingerprint density at radius 3 is 3.11 bits per heavy atom. The molecular formula is C12H17N5O. The summed E-state index contributed by atoms with van der Waals surface area (Å²) in [5, 5.41) is 3.20. The molecule has 0 saturated carbocycles. The molecule has 18 heavy (non-hydrogen) atoms. The van der Waals surface area contributed by atoms with Crippen molar-refractivity contribution in [3.8, 4) is 0 Å². The maximum absolute atomic E-state index is 5.77. The molecule has 3 rings (SSSR count). The molecule has 1 aliphatic heterocycles. The fourth-order valence-corrected chi connectivity index (χ4v) is 2.30. The van der Waals surface area contributed by atoms with Crippen LogP contribution in [-0.4, -0.2) is 32.7 Å². The van der Waals surface area contributed by atoms with Crippen LogP contribution in [0.3, 0.4) is 0 Å². The number of nitrogens with zero attached hydrogens (tertiary/aromatic N) is 4. The average molecular weight is 247 g/mol. The summed E-state index contributed by atoms with van der Waals surface area (Å²) < 4.78 is 7.78. The van der Waals surface area contributed by atoms with E-state index in [1.165, 1.54) is 6.42 Å². The summed E-state index contributed by atoms with van der Waals surface area (Å²) in [7, 11) is 0. The van der Waals surface area contributed by atoms with Crippen LogP contribution < -0.4 is 5.32 Å². The van der Waals surface area contributed by atoms with Crippen LogP contribution in [0.4, 0.5) is 5.82 Å². The number of rotatable bonds is 3. The van der Waals surface area contributed by atoms with E-state index in [-0.39, 0.29) is 6.23 Å². The van der Waals surface area contributed by atoms with Crippen molar-refractivity contribution >= 4 is 17.0 Å². The molecular weight excluding hydrogens is 230 g/mol. The molecule has 96 valence electrons. The predicted molar refractivity (Wildman–Crippen MR) is 68.3 cm³/mol. The molecule has 3 heterocycles. The van der Waals surface area contributed by atoms with E-state index in [9.17, 15) is 0 Å². The van der Waals surface area contributed by atoms with Crippen molar-refractivity contribution in [3.05, 3.63) is 12.7 Å². The van der Waals surface area contributed by atoms with Gasteiger partial charge in [-0.05, 0) is 26.2 Å². The van der Waals surface area contributed by atoms with E-state index in [1.807, 2.05) is 11.5 Å². The van der Waals surface area contributed by atoms with Gasteiger partial charge >= 0.3 is 0 Å². The first-order valence-electron chi connectivity index (χ1n) is 6.43. The molecule has 0 aliphatic carbocycles. The number of ether oxygens (including phenoxy) is 1. The summed E-state index contributed by atoms with van der Waals surface area (Å²) in [5.41, 5.74) is 1.65. The van der Waals surface area contributed by atoms with Crippen molar-refractivity contribution in [2.45, 2.75) is 32.4 Å². The smallest absolute Gasteiger partial charge is 0.167 e. The molecule has 6 heteroatoms. The van der Waals surface area contributed by atoms with Crippen LogP contribution in [0.25, 0.3) is 11.2 Å². The number of hydrogen-bond acceptors (Lipinski definition) is 5. The van der Waals surface area contributed by atoms with E-state index in [1.54, 1.807) is 12.7 Å². The van der Waals surface area contributed by atoms with Gasteiger partial charge in [0.25, 0.3) is 0 Å². The van der Waals surface area contributed by atoms with Crippen LogP contribution >= 0.6 is 0 Å². The van der Waals surface area contributed by atoms with E-state index < -0.39 is 0 Å². The molecule has 1 fully saturated rings. The maximum atomic E-state index is 5.77. The van der Waals surface area contributed by atoms with Gasteiger partial charge in [0.15, 0.2) is 17.0 Å². The molecule has 2 aromatic heterocycles. The van der Waals surface area contributed by atoms with E-state index in [0.717, 1.165) is 43.0 Å². The number of anilines is 1. The van der Waals surface area contributed by atoms with Gasteiger partial charge in [0.2, 0.25) is 0 Å². The zero-order chi connectivity index (χ0) is 12.4. The molecule has 0 amide bonds. The van der Waals surface area contributed by atoms with Crippen LogP contribution in [0.1, 0.15) is 32.4 Å². The highest BCUT2D eigenvalue weighted by atomic mass is 16.5. The second-order valence-corrected chi connectivity index (χ2v) is 4.40. The van der Waals surface area contributed by atoms with Crippen molar-refractivity contribution in [1.82, 2.24) is 19.5 Å². The molecule has 0 spiro atoms. The van der Waals surface area contributed by atoms with E-state index in [2.05, 4.69) is 20.3 Å². The van der Waals surface area contributed by atoms with Crippen LogP contribution in [-0.2, 0) is 4.74 Å². The van der Waals surface area contributed by atoms with E-state index >= 15 is 0 Å². The van der Waals surface area contributed by atoms with Gasteiger partial charge in [-0.15, -0.1) is 0 Å². The molecule has 1 N–H and O–H groups in total. The fraction of sp³-hybridized carbons (Fsp3) is 0.583. The maximum Gasteiger partial charge on any atom is 0.167 e. The lowest BCUT2D eigenvalue weighted by molar-refractivity contribution is -0.0298. The molecule has 6 nitrogen and oxygen atoms in total. The predicted octanol–water partition coefficient (Wildman–Crippen LogP) is 1.96. The summed E-state index contributed by atoms with van der Waals surface area (Å²) in [5.74, 6) is 0.789. The van der Waals surface area contributed by atoms with Gasteiger partial charge in [0.1, 0.15) is 12.6 Å². The summed E-state index contributed by atoms with van der Waals surface area (Å²) >= 11 is 0. The van der Waals surface area contributed by atoms with Crippen molar-refractivity contribution in [2.75, 3.05) is 18.5 Å². The zero-order valence-electron chi connectivity index (χ0n) is 10.5. The second kappa shape index (κ2) is 4.89. The van der Waals surface area contributed by atoms with Crippen LogP contribution in [0.15, 0.2) is 12.7 Å². The lowest BCUT2D eigenvalue weighted by Gasteiger charge is -2.23. The molecule has 0 radical (unpaired) electrons. The molecule has 2 aromatic rings. The van der Waals surface area contributed by atoms with Gasteiger partial charge in [0, 0.05) is 13.2 Å². The topological polar surface area (TPSA) is 64.9 Å². The van der Waals surface area contributed by atoms with Crippen LogP contribution in [0.2, 0.25) is 0 Å². The van der Waals surface area contributed by atoms with Gasteiger partial charge in [-0.3, -0.25) is 4.57 Å². The molecule has 0 bridgehead atoms. The van der Waals surface area contributed by atoms with Crippen LogP contribution in [0.5, 0.6) is 0 Å². The monoisotopic (exact) mass is 247 g/mol. The summed E-state index contributed by atoms with van der Waals surface area (Å²) in [6.45, 7) is 3.67. The average Bonchev–Trinajstić information content (AvgIpc) is 2.85. The molecule has 1 aliphatic rings. The lowest BCUT2D eigenvalue weighted by atomic mass is 10.2. The van der Waals surface area contributed by atoms with Gasteiger partial charge < -0.3 is 10.1 Å². The standard InChI is InChI=1S/C12H17N5O/c1-2-13-11-10-12(15-7-14-11)17(8-16-10)9-5-3-4-6-18-9/h7-9H,2-6H2,1H3,(H,13,14,15). The number of fused-ring (bicyclic) bond motifs is 1. The fourth-order valence-electron chi connectivity index (χ4n) is 2.30. The minimum atomic E-state index is 0.0631. The minimum absolute atomic E-state index is 0.0631. The first-order chi connectivity index (χ1) is 8.90. The summed E-state index contributed by atoms with van der Waals surface area (Å²) in [6, 6.07) is 0. The van der Waals surface area contributed by atoms with E-state index in [4.69, 9.17) is 4.74 Å². The number of hydrogen-bond donors (Lipinski definition) is 1. The highest BCUT2D eigenvalue weighted by Crippen LogP contribution is 2.26. The number of aromatic nitrogens is 4. The number of imidazole rings is 1. The molecule has 0 aromatic carbocycles. The Hall–Kier alpha value is -1.69. The number of nitrogens with one attached hydrogen (secondary N) is 1. The van der Waals surface area contributed by atoms with Gasteiger partial charge in [-0.1, -0.05) is 0 Å². The van der Waals surface area contributed by atoms with Gasteiger partial charge in [0.05, 0.1) is 6.33 Å². The minimum Gasteiger partial charge on any atom is -0.368 e. The van der Waals surface area contributed by atoms with Crippen molar-refractivity contribution in [2.24, 2.45) is 0 Å². The normalized spacial score (nSPS) is 20.2. The Morgan fingerprint density at radius 1 is 1.39 bits per heavy atom. The third kappa shape index (κ3) is 1.92. The highest BCUT2D eigenvalue weighted by Gasteiger charge is 2.19. The first-order valence-corrected chi connectivity index (χ1v) is 6.43. The highest BCUT2D eigenvalue weighted by molar-refractivity contribution is 5.82. The van der Waals surface area contributed by atoms with Crippen molar-refractivity contribution in [3.63, 3.8) is 0 Å². The van der Waals surface area contributed by atoms with E-state index in [0.29, 0.717) is 0 Å². The second-order valence-electron chi connectivity index (χ2n) is 4.40. The van der Waals surface area contributed by atoms with Crippen molar-refractivity contribution in [1.29, 1.82) is 0 Å². The molecule has 1 saturated heterocycles. The first kappa shape index (κ1) is 11.4. The zero-order valence-corrected chi connectivity index (χ0v) is 10.5. The quantitative estimate of drug-likeness (QED) is 0.898. The Bertz CT molecular complexity index is 532. The van der Waals surface area contributed by atoms with Crippen LogP contribution in [0, 0.1) is 0 Å². The Balaban J connectivity index is 2.00. The van der Waals surface area contributed by atoms with Crippen molar-refractivity contribution < 1.29 is 4.74 Å². The lowest BCUT2D eigenvalue weighted by Crippen LogP contribution is -2.17. The third-order valence-corrected chi connectivity index (χ3v) is 3.17. The summed E-state index contributed by atoms with van der Waals surface area (Å²) in [6.07, 6.45) is 6.79. The van der Waals surface area contributed by atoms with Gasteiger partial charge in [-0.2, -0.15) is 0 Å². The SMILES string of the molecule is CCNc1ncnc2c1ncn2C1CCCCO1. The third-order valence-electron chi connectivity index (χ3n) is 3.17. The Labute approximate surface area is 105 Å². The molecule has 1 atom stereocenters.